The summed E-state index contributed by atoms with van der Waals surface area (Å²) in [6.07, 6.45) is -0.752. The van der Waals surface area contributed by atoms with Crippen LogP contribution in [0.3, 0.4) is 0 Å². The molecule has 0 saturated carbocycles. The van der Waals surface area contributed by atoms with E-state index in [1.165, 1.54) is 0 Å². The molecule has 0 amide bonds. The van der Waals surface area contributed by atoms with Crippen molar-refractivity contribution in [2.45, 2.75) is 19.3 Å². The predicted molar refractivity (Wildman–Crippen MR) is 38.6 cm³/mol. The number of carbonyl (C=O) groups is 1. The molecule has 0 aromatic carbocycles. The van der Waals surface area contributed by atoms with E-state index in [9.17, 15) is 4.79 Å². The Morgan fingerprint density at radius 1 is 1.91 bits per heavy atom. The van der Waals surface area contributed by atoms with Crippen LogP contribution in [0.1, 0.15) is 6.92 Å². The highest BCUT2D eigenvalue weighted by Gasteiger charge is 2.32. The first-order valence-electron chi connectivity index (χ1n) is 3.35. The van der Waals surface area contributed by atoms with E-state index < -0.39 is 12.2 Å². The van der Waals surface area contributed by atoms with Gasteiger partial charge in [-0.2, -0.15) is 0 Å². The van der Waals surface area contributed by atoms with Gasteiger partial charge in [-0.05, 0) is 6.92 Å². The third-order valence-corrected chi connectivity index (χ3v) is 1.32. The van der Waals surface area contributed by atoms with Gasteiger partial charge < -0.3 is 9.47 Å². The SMILES string of the molecule is C=C(C)C(=O)OC(N)C1CO1. The molecule has 1 aliphatic rings. The van der Waals surface area contributed by atoms with Gasteiger partial charge in [-0.1, -0.05) is 6.58 Å². The lowest BCUT2D eigenvalue weighted by Gasteiger charge is -2.09. The van der Waals surface area contributed by atoms with Crippen molar-refractivity contribution in [1.29, 1.82) is 0 Å². The van der Waals surface area contributed by atoms with Crippen LogP contribution >= 0.6 is 0 Å². The zero-order valence-electron chi connectivity index (χ0n) is 6.37. The number of rotatable bonds is 3. The number of esters is 1. The summed E-state index contributed by atoms with van der Waals surface area (Å²) in [5, 5.41) is 0. The van der Waals surface area contributed by atoms with Crippen molar-refractivity contribution in [2.75, 3.05) is 6.61 Å². The molecule has 1 saturated heterocycles. The maximum atomic E-state index is 10.8. The minimum Gasteiger partial charge on any atom is -0.441 e. The van der Waals surface area contributed by atoms with Gasteiger partial charge in [0.15, 0.2) is 6.23 Å². The van der Waals surface area contributed by atoms with E-state index in [-0.39, 0.29) is 6.10 Å². The summed E-state index contributed by atoms with van der Waals surface area (Å²) < 4.78 is 9.57. The maximum absolute atomic E-state index is 10.8. The lowest BCUT2D eigenvalue weighted by atomic mass is 10.3. The minimum absolute atomic E-state index is 0.113. The molecule has 62 valence electrons. The summed E-state index contributed by atoms with van der Waals surface area (Å²) in [6.45, 7) is 5.56. The number of nitrogens with two attached hydrogens (primary N) is 1. The Kier molecular flexibility index (Phi) is 2.26. The van der Waals surface area contributed by atoms with Crippen molar-refractivity contribution in [3.63, 3.8) is 0 Å². The molecule has 11 heavy (non-hydrogen) atoms. The van der Waals surface area contributed by atoms with Crippen molar-refractivity contribution in [1.82, 2.24) is 0 Å². The fourth-order valence-electron chi connectivity index (χ4n) is 0.545. The molecule has 0 aromatic heterocycles. The molecular formula is C7H11NO3. The van der Waals surface area contributed by atoms with Crippen molar-refractivity contribution in [3.8, 4) is 0 Å². The van der Waals surface area contributed by atoms with Gasteiger partial charge in [0.1, 0.15) is 6.10 Å². The van der Waals surface area contributed by atoms with Crippen LogP contribution in [0, 0.1) is 0 Å². The lowest BCUT2D eigenvalue weighted by Crippen LogP contribution is -2.32. The molecule has 1 aliphatic heterocycles. The van der Waals surface area contributed by atoms with E-state index in [1.807, 2.05) is 0 Å². The first-order chi connectivity index (χ1) is 5.11. The minimum atomic E-state index is -0.640. The Morgan fingerprint density at radius 3 is 2.82 bits per heavy atom. The Bertz CT molecular complexity index is 186. The van der Waals surface area contributed by atoms with Crippen LogP contribution in [0.15, 0.2) is 12.2 Å². The van der Waals surface area contributed by atoms with Crippen molar-refractivity contribution in [2.24, 2.45) is 5.73 Å². The Hall–Kier alpha value is -0.870. The number of hydrogen-bond acceptors (Lipinski definition) is 4. The summed E-state index contributed by atoms with van der Waals surface area (Å²) in [4.78, 5) is 10.8. The summed E-state index contributed by atoms with van der Waals surface area (Å²) in [7, 11) is 0. The van der Waals surface area contributed by atoms with E-state index in [0.29, 0.717) is 12.2 Å². The van der Waals surface area contributed by atoms with E-state index in [0.717, 1.165) is 0 Å². The van der Waals surface area contributed by atoms with Gasteiger partial charge in [0.2, 0.25) is 0 Å². The van der Waals surface area contributed by atoms with Crippen LogP contribution < -0.4 is 5.73 Å². The van der Waals surface area contributed by atoms with E-state index in [4.69, 9.17) is 15.2 Å². The third-order valence-electron chi connectivity index (χ3n) is 1.32. The predicted octanol–water partition coefficient (Wildman–Crippen LogP) is -0.211. The van der Waals surface area contributed by atoms with Crippen LogP contribution in [0.5, 0.6) is 0 Å². The van der Waals surface area contributed by atoms with Crippen LogP contribution in [0.4, 0.5) is 0 Å². The smallest absolute Gasteiger partial charge is 0.334 e. The highest BCUT2D eigenvalue weighted by Crippen LogP contribution is 2.13. The van der Waals surface area contributed by atoms with Crippen LogP contribution in [0.2, 0.25) is 0 Å². The van der Waals surface area contributed by atoms with Crippen molar-refractivity contribution >= 4 is 5.97 Å². The van der Waals surface area contributed by atoms with Gasteiger partial charge in [0.05, 0.1) is 6.61 Å². The fourth-order valence-corrected chi connectivity index (χ4v) is 0.545. The molecule has 2 atom stereocenters. The molecule has 0 bridgehead atoms. The second kappa shape index (κ2) is 3.02. The highest BCUT2D eigenvalue weighted by molar-refractivity contribution is 5.87. The first kappa shape index (κ1) is 8.23. The molecule has 0 radical (unpaired) electrons. The summed E-state index contributed by atoms with van der Waals surface area (Å²) in [5.41, 5.74) is 5.76. The topological polar surface area (TPSA) is 64.8 Å². The van der Waals surface area contributed by atoms with Crippen molar-refractivity contribution < 1.29 is 14.3 Å². The van der Waals surface area contributed by atoms with E-state index in [1.54, 1.807) is 6.92 Å². The molecule has 0 aromatic rings. The zero-order valence-corrected chi connectivity index (χ0v) is 6.37. The monoisotopic (exact) mass is 157 g/mol. The molecule has 2 unspecified atom stereocenters. The normalized spacial score (nSPS) is 24.0. The Balaban J connectivity index is 2.28. The molecule has 1 rings (SSSR count). The van der Waals surface area contributed by atoms with Gasteiger partial charge in [-0.3, -0.25) is 5.73 Å². The second-order valence-corrected chi connectivity index (χ2v) is 2.52. The largest absolute Gasteiger partial charge is 0.441 e. The quantitative estimate of drug-likeness (QED) is 0.266. The third kappa shape index (κ3) is 2.32. The maximum Gasteiger partial charge on any atom is 0.334 e. The Labute approximate surface area is 65.0 Å². The molecule has 0 aliphatic carbocycles. The summed E-state index contributed by atoms with van der Waals surface area (Å²) in [5.74, 6) is -0.465. The van der Waals surface area contributed by atoms with Crippen LogP contribution in [-0.4, -0.2) is 24.9 Å². The average molecular weight is 157 g/mol. The van der Waals surface area contributed by atoms with Gasteiger partial charge in [-0.25, -0.2) is 4.79 Å². The molecule has 4 heteroatoms. The van der Waals surface area contributed by atoms with Gasteiger partial charge in [-0.15, -0.1) is 0 Å². The average Bonchev–Trinajstić information content (AvgIpc) is 2.67. The van der Waals surface area contributed by atoms with Crippen LogP contribution in [0.25, 0.3) is 0 Å². The van der Waals surface area contributed by atoms with Gasteiger partial charge in [0, 0.05) is 5.57 Å². The first-order valence-corrected chi connectivity index (χ1v) is 3.35. The molecule has 4 nitrogen and oxygen atoms in total. The standard InChI is InChI=1S/C7H11NO3/c1-4(2)7(9)11-6(8)5-3-10-5/h5-6H,1,3,8H2,2H3. The highest BCUT2D eigenvalue weighted by atomic mass is 16.6. The fraction of sp³-hybridized carbons (Fsp3) is 0.571. The zero-order chi connectivity index (χ0) is 8.43. The molecule has 1 heterocycles. The van der Waals surface area contributed by atoms with Gasteiger partial charge >= 0.3 is 5.97 Å². The molecular weight excluding hydrogens is 146 g/mol. The molecule has 2 N–H and O–H groups in total. The summed E-state index contributed by atoms with van der Waals surface area (Å²) in [6, 6.07) is 0. The van der Waals surface area contributed by atoms with Gasteiger partial charge in [0.25, 0.3) is 0 Å². The number of ether oxygens (including phenoxy) is 2. The number of epoxide rings is 1. The molecule has 1 fully saturated rings. The van der Waals surface area contributed by atoms with E-state index >= 15 is 0 Å². The number of carbonyl (C=O) groups excluding carboxylic acids is 1. The lowest BCUT2D eigenvalue weighted by molar-refractivity contribution is -0.144. The summed E-state index contributed by atoms with van der Waals surface area (Å²) >= 11 is 0. The second-order valence-electron chi connectivity index (χ2n) is 2.52. The number of hydrogen-bond donors (Lipinski definition) is 1. The van der Waals surface area contributed by atoms with Crippen LogP contribution in [-0.2, 0) is 14.3 Å². The molecule has 0 spiro atoms. The van der Waals surface area contributed by atoms with Crippen molar-refractivity contribution in [3.05, 3.63) is 12.2 Å². The van der Waals surface area contributed by atoms with E-state index in [2.05, 4.69) is 6.58 Å². The Morgan fingerprint density at radius 2 is 2.45 bits per heavy atom.